The van der Waals surface area contributed by atoms with Crippen molar-refractivity contribution in [2.75, 3.05) is 26.2 Å². The number of hydrogen-bond donors (Lipinski definition) is 1. The Labute approximate surface area is 127 Å². The number of carbonyl (C=O) groups excluding carboxylic acids is 1. The van der Waals surface area contributed by atoms with E-state index in [1.54, 1.807) is 0 Å². The number of carboxylic acids is 1. The summed E-state index contributed by atoms with van der Waals surface area (Å²) < 4.78 is 0. The van der Waals surface area contributed by atoms with Crippen molar-refractivity contribution in [1.82, 2.24) is 9.80 Å². The van der Waals surface area contributed by atoms with Crippen molar-refractivity contribution in [1.29, 1.82) is 0 Å². The van der Waals surface area contributed by atoms with E-state index in [1.807, 2.05) is 9.80 Å². The number of rotatable bonds is 3. The first-order valence-electron chi connectivity index (χ1n) is 8.23. The van der Waals surface area contributed by atoms with Gasteiger partial charge in [-0.05, 0) is 43.4 Å². The lowest BCUT2D eigenvalue weighted by Crippen LogP contribution is -2.50. The van der Waals surface area contributed by atoms with Crippen molar-refractivity contribution in [2.45, 2.75) is 46.0 Å². The summed E-state index contributed by atoms with van der Waals surface area (Å²) in [6.45, 7) is 7.59. The monoisotopic (exact) mass is 296 g/mol. The molecule has 5 heteroatoms. The third-order valence-corrected chi connectivity index (χ3v) is 5.01. The summed E-state index contributed by atoms with van der Waals surface area (Å²) in [5, 5.41) is 8.91. The molecule has 1 atom stereocenters. The molecule has 1 unspecified atom stereocenters. The second-order valence-corrected chi connectivity index (χ2v) is 6.90. The SMILES string of the molecule is CC(C)C1CCN(C(=O)N2CCCC(CC(=O)O)C2)CC1. The summed E-state index contributed by atoms with van der Waals surface area (Å²) in [5.41, 5.74) is 0. The summed E-state index contributed by atoms with van der Waals surface area (Å²) in [6.07, 6.45) is 4.21. The molecule has 2 aliphatic heterocycles. The molecule has 2 rings (SSSR count). The van der Waals surface area contributed by atoms with E-state index in [2.05, 4.69) is 13.8 Å². The molecule has 0 radical (unpaired) electrons. The number of carboxylic acid groups (broad SMARTS) is 1. The Hall–Kier alpha value is -1.26. The predicted octanol–water partition coefficient (Wildman–Crippen LogP) is 2.66. The highest BCUT2D eigenvalue weighted by Gasteiger charge is 2.30. The van der Waals surface area contributed by atoms with Gasteiger partial charge in [-0.15, -0.1) is 0 Å². The molecule has 0 aromatic rings. The molecule has 5 nitrogen and oxygen atoms in total. The van der Waals surface area contributed by atoms with Crippen LogP contribution in [0.15, 0.2) is 0 Å². The fourth-order valence-corrected chi connectivity index (χ4v) is 3.61. The van der Waals surface area contributed by atoms with Gasteiger partial charge in [-0.2, -0.15) is 0 Å². The Morgan fingerprint density at radius 1 is 1.10 bits per heavy atom. The number of aliphatic carboxylic acids is 1. The van der Waals surface area contributed by atoms with Crippen LogP contribution in [-0.4, -0.2) is 53.1 Å². The maximum absolute atomic E-state index is 12.6. The van der Waals surface area contributed by atoms with E-state index in [4.69, 9.17) is 5.11 Å². The van der Waals surface area contributed by atoms with Crippen LogP contribution in [0.3, 0.4) is 0 Å². The number of carbonyl (C=O) groups is 2. The fourth-order valence-electron chi connectivity index (χ4n) is 3.61. The van der Waals surface area contributed by atoms with Crippen molar-refractivity contribution in [3.05, 3.63) is 0 Å². The Morgan fingerprint density at radius 3 is 2.33 bits per heavy atom. The molecule has 0 aliphatic carbocycles. The van der Waals surface area contributed by atoms with Crippen LogP contribution >= 0.6 is 0 Å². The molecular formula is C16H28N2O3. The van der Waals surface area contributed by atoms with Crippen LogP contribution in [0.25, 0.3) is 0 Å². The molecule has 21 heavy (non-hydrogen) atoms. The lowest BCUT2D eigenvalue weighted by Gasteiger charge is -2.39. The van der Waals surface area contributed by atoms with Crippen LogP contribution in [0, 0.1) is 17.8 Å². The second kappa shape index (κ2) is 7.14. The van der Waals surface area contributed by atoms with Gasteiger partial charge in [-0.25, -0.2) is 4.79 Å². The van der Waals surface area contributed by atoms with Crippen molar-refractivity contribution in [3.63, 3.8) is 0 Å². The lowest BCUT2D eigenvalue weighted by molar-refractivity contribution is -0.138. The van der Waals surface area contributed by atoms with E-state index in [0.717, 1.165) is 51.2 Å². The minimum Gasteiger partial charge on any atom is -0.481 e. The molecule has 0 aromatic carbocycles. The van der Waals surface area contributed by atoms with Gasteiger partial charge in [0.2, 0.25) is 0 Å². The van der Waals surface area contributed by atoms with Gasteiger partial charge in [0.15, 0.2) is 0 Å². The molecule has 120 valence electrons. The zero-order valence-electron chi connectivity index (χ0n) is 13.3. The average Bonchev–Trinajstić information content (AvgIpc) is 2.46. The van der Waals surface area contributed by atoms with Gasteiger partial charge in [-0.3, -0.25) is 4.79 Å². The molecule has 0 spiro atoms. The number of amides is 2. The smallest absolute Gasteiger partial charge is 0.320 e. The maximum atomic E-state index is 12.6. The summed E-state index contributed by atoms with van der Waals surface area (Å²) in [5.74, 6) is 0.785. The van der Waals surface area contributed by atoms with E-state index in [-0.39, 0.29) is 18.4 Å². The molecular weight excluding hydrogens is 268 g/mol. The third kappa shape index (κ3) is 4.35. The standard InChI is InChI=1S/C16H28N2O3/c1-12(2)14-5-8-17(9-6-14)16(21)18-7-3-4-13(11-18)10-15(19)20/h12-14H,3-11H2,1-2H3,(H,19,20). The van der Waals surface area contributed by atoms with Crippen LogP contribution in [0.2, 0.25) is 0 Å². The average molecular weight is 296 g/mol. The molecule has 2 amide bonds. The predicted molar refractivity (Wildman–Crippen MR) is 81.1 cm³/mol. The van der Waals surface area contributed by atoms with Gasteiger partial charge in [0.1, 0.15) is 0 Å². The van der Waals surface area contributed by atoms with Gasteiger partial charge in [0.25, 0.3) is 0 Å². The molecule has 2 aliphatic rings. The Bertz CT molecular complexity index is 376. The second-order valence-electron chi connectivity index (χ2n) is 6.90. The fraction of sp³-hybridized carbons (Fsp3) is 0.875. The Morgan fingerprint density at radius 2 is 1.76 bits per heavy atom. The molecule has 2 heterocycles. The number of piperidine rings is 2. The highest BCUT2D eigenvalue weighted by Crippen LogP contribution is 2.26. The number of nitrogens with zero attached hydrogens (tertiary/aromatic N) is 2. The van der Waals surface area contributed by atoms with E-state index < -0.39 is 5.97 Å². The van der Waals surface area contributed by atoms with E-state index in [1.165, 1.54) is 0 Å². The molecule has 1 N–H and O–H groups in total. The minimum absolute atomic E-state index is 0.118. The van der Waals surface area contributed by atoms with Crippen molar-refractivity contribution < 1.29 is 14.7 Å². The van der Waals surface area contributed by atoms with Crippen LogP contribution in [-0.2, 0) is 4.79 Å². The molecule has 2 fully saturated rings. The Balaban J connectivity index is 1.84. The highest BCUT2D eigenvalue weighted by molar-refractivity contribution is 5.75. The van der Waals surface area contributed by atoms with Gasteiger partial charge >= 0.3 is 12.0 Å². The lowest BCUT2D eigenvalue weighted by atomic mass is 9.87. The first-order chi connectivity index (χ1) is 9.97. The van der Waals surface area contributed by atoms with Gasteiger partial charge in [0.05, 0.1) is 0 Å². The Kier molecular flexibility index (Phi) is 5.48. The molecule has 0 aromatic heterocycles. The molecule has 2 saturated heterocycles. The van der Waals surface area contributed by atoms with Crippen LogP contribution < -0.4 is 0 Å². The summed E-state index contributed by atoms with van der Waals surface area (Å²) in [6, 6.07) is 0.118. The molecule has 0 bridgehead atoms. The molecule has 0 saturated carbocycles. The highest BCUT2D eigenvalue weighted by atomic mass is 16.4. The maximum Gasteiger partial charge on any atom is 0.320 e. The van der Waals surface area contributed by atoms with E-state index in [9.17, 15) is 9.59 Å². The summed E-state index contributed by atoms with van der Waals surface area (Å²) >= 11 is 0. The first-order valence-corrected chi connectivity index (χ1v) is 8.23. The van der Waals surface area contributed by atoms with Gasteiger partial charge < -0.3 is 14.9 Å². The number of urea groups is 1. The minimum atomic E-state index is -0.757. The topological polar surface area (TPSA) is 60.9 Å². The van der Waals surface area contributed by atoms with Crippen LogP contribution in [0.4, 0.5) is 4.79 Å². The largest absolute Gasteiger partial charge is 0.481 e. The first kappa shape index (κ1) is 16.1. The van der Waals surface area contributed by atoms with Crippen LogP contribution in [0.1, 0.15) is 46.0 Å². The zero-order valence-corrected chi connectivity index (χ0v) is 13.3. The summed E-state index contributed by atoms with van der Waals surface area (Å²) in [4.78, 5) is 27.2. The van der Waals surface area contributed by atoms with E-state index in [0.29, 0.717) is 12.5 Å². The van der Waals surface area contributed by atoms with Gasteiger partial charge in [-0.1, -0.05) is 13.8 Å². The van der Waals surface area contributed by atoms with Crippen LogP contribution in [0.5, 0.6) is 0 Å². The van der Waals surface area contributed by atoms with Gasteiger partial charge in [0, 0.05) is 32.6 Å². The number of hydrogen-bond acceptors (Lipinski definition) is 2. The van der Waals surface area contributed by atoms with Crippen molar-refractivity contribution >= 4 is 12.0 Å². The van der Waals surface area contributed by atoms with Crippen molar-refractivity contribution in [3.8, 4) is 0 Å². The third-order valence-electron chi connectivity index (χ3n) is 5.01. The quantitative estimate of drug-likeness (QED) is 0.871. The van der Waals surface area contributed by atoms with Crippen molar-refractivity contribution in [2.24, 2.45) is 17.8 Å². The zero-order chi connectivity index (χ0) is 15.4. The normalized spacial score (nSPS) is 24.4. The number of likely N-dealkylation sites (tertiary alicyclic amines) is 2. The summed E-state index contributed by atoms with van der Waals surface area (Å²) in [7, 11) is 0. The van der Waals surface area contributed by atoms with E-state index >= 15 is 0 Å².